The maximum Gasteiger partial charge on any atom is 0.142 e. The van der Waals surface area contributed by atoms with Crippen molar-refractivity contribution in [2.75, 3.05) is 6.61 Å². The fourth-order valence-electron chi connectivity index (χ4n) is 1.82. The van der Waals surface area contributed by atoms with Crippen molar-refractivity contribution in [1.29, 1.82) is 0 Å². The largest absolute Gasteiger partial charge is 0.493 e. The number of oxime groups is 1. The van der Waals surface area contributed by atoms with Crippen LogP contribution in [0.4, 0.5) is 0 Å². The van der Waals surface area contributed by atoms with Crippen LogP contribution in [-0.2, 0) is 11.8 Å². The average molecular weight is 264 g/mol. The highest BCUT2D eigenvalue weighted by Crippen LogP contribution is 2.32. The Hall–Kier alpha value is -1.71. The van der Waals surface area contributed by atoms with Gasteiger partial charge in [-0.2, -0.15) is 0 Å². The van der Waals surface area contributed by atoms with Crippen LogP contribution in [0.1, 0.15) is 45.2 Å². The van der Waals surface area contributed by atoms with Crippen LogP contribution < -0.4 is 10.5 Å². The SMILES string of the molecule is CCc1ccc(OCC/C(N)=N/O)c(C(C)(C)C)c1. The van der Waals surface area contributed by atoms with E-state index in [1.54, 1.807) is 0 Å². The predicted molar refractivity (Wildman–Crippen MR) is 78.0 cm³/mol. The first kappa shape index (κ1) is 15.3. The third-order valence-electron chi connectivity index (χ3n) is 3.00. The lowest BCUT2D eigenvalue weighted by Gasteiger charge is -2.23. The Kier molecular flexibility index (Phi) is 5.21. The summed E-state index contributed by atoms with van der Waals surface area (Å²) in [6.45, 7) is 9.04. The fourth-order valence-corrected chi connectivity index (χ4v) is 1.82. The van der Waals surface area contributed by atoms with Crippen LogP contribution in [0.25, 0.3) is 0 Å². The zero-order chi connectivity index (χ0) is 14.5. The number of ether oxygens (including phenoxy) is 1. The molecule has 0 saturated carbocycles. The van der Waals surface area contributed by atoms with Gasteiger partial charge in [0.1, 0.15) is 11.6 Å². The molecule has 0 radical (unpaired) electrons. The van der Waals surface area contributed by atoms with E-state index in [0.717, 1.165) is 12.2 Å². The minimum absolute atomic E-state index is 0.0249. The number of hydrogen-bond donors (Lipinski definition) is 2. The van der Waals surface area contributed by atoms with Crippen LogP contribution >= 0.6 is 0 Å². The molecule has 0 aliphatic carbocycles. The number of hydrogen-bond acceptors (Lipinski definition) is 3. The quantitative estimate of drug-likeness (QED) is 0.372. The van der Waals surface area contributed by atoms with Crippen molar-refractivity contribution in [2.24, 2.45) is 10.9 Å². The molecule has 4 heteroatoms. The molecule has 0 aromatic heterocycles. The van der Waals surface area contributed by atoms with Crippen molar-refractivity contribution in [3.8, 4) is 5.75 Å². The second-order valence-corrected chi connectivity index (χ2v) is 5.62. The number of amidine groups is 1. The molecular weight excluding hydrogens is 240 g/mol. The summed E-state index contributed by atoms with van der Waals surface area (Å²) in [5.41, 5.74) is 7.94. The van der Waals surface area contributed by atoms with Crippen LogP contribution in [0.2, 0.25) is 0 Å². The zero-order valence-corrected chi connectivity index (χ0v) is 12.2. The Balaban J connectivity index is 2.88. The Bertz CT molecular complexity index is 448. The summed E-state index contributed by atoms with van der Waals surface area (Å²) in [4.78, 5) is 0. The molecule has 106 valence electrons. The highest BCUT2D eigenvalue weighted by atomic mass is 16.5. The molecule has 0 atom stereocenters. The molecule has 0 saturated heterocycles. The van der Waals surface area contributed by atoms with Crippen LogP contribution in [0.5, 0.6) is 5.75 Å². The average Bonchev–Trinajstić information content (AvgIpc) is 2.37. The first-order valence-corrected chi connectivity index (χ1v) is 6.61. The summed E-state index contributed by atoms with van der Waals surface area (Å²) >= 11 is 0. The molecular formula is C15H24N2O2. The topological polar surface area (TPSA) is 67.8 Å². The van der Waals surface area contributed by atoms with E-state index in [1.807, 2.05) is 6.07 Å². The summed E-state index contributed by atoms with van der Waals surface area (Å²) in [6.07, 6.45) is 1.42. The van der Waals surface area contributed by atoms with E-state index in [4.69, 9.17) is 15.7 Å². The van der Waals surface area contributed by atoms with Gasteiger partial charge in [0.2, 0.25) is 0 Å². The normalized spacial score (nSPS) is 12.5. The van der Waals surface area contributed by atoms with Gasteiger partial charge < -0.3 is 15.7 Å². The Labute approximate surface area is 115 Å². The van der Waals surface area contributed by atoms with Crippen LogP contribution in [-0.4, -0.2) is 17.6 Å². The molecule has 0 spiro atoms. The number of nitrogens with zero attached hydrogens (tertiary/aromatic N) is 1. The van der Waals surface area contributed by atoms with E-state index in [0.29, 0.717) is 13.0 Å². The van der Waals surface area contributed by atoms with Gasteiger partial charge in [-0.05, 0) is 29.0 Å². The molecule has 0 aliphatic rings. The van der Waals surface area contributed by atoms with E-state index < -0.39 is 0 Å². The molecule has 0 bridgehead atoms. The second-order valence-electron chi connectivity index (χ2n) is 5.62. The molecule has 1 aromatic carbocycles. The third kappa shape index (κ3) is 4.47. The third-order valence-corrected chi connectivity index (χ3v) is 3.00. The monoisotopic (exact) mass is 264 g/mol. The van der Waals surface area contributed by atoms with Crippen LogP contribution in [0.15, 0.2) is 23.4 Å². The first-order chi connectivity index (χ1) is 8.88. The maximum absolute atomic E-state index is 8.49. The number of nitrogens with two attached hydrogens (primary N) is 1. The van der Waals surface area contributed by atoms with Crippen molar-refractivity contribution >= 4 is 5.84 Å². The smallest absolute Gasteiger partial charge is 0.142 e. The van der Waals surface area contributed by atoms with E-state index in [9.17, 15) is 0 Å². The fraction of sp³-hybridized carbons (Fsp3) is 0.533. The van der Waals surface area contributed by atoms with Crippen molar-refractivity contribution in [1.82, 2.24) is 0 Å². The van der Waals surface area contributed by atoms with Gasteiger partial charge in [0.15, 0.2) is 0 Å². The summed E-state index contributed by atoms with van der Waals surface area (Å²) in [6, 6.07) is 6.28. The molecule has 19 heavy (non-hydrogen) atoms. The zero-order valence-electron chi connectivity index (χ0n) is 12.2. The van der Waals surface area contributed by atoms with Crippen molar-refractivity contribution in [3.05, 3.63) is 29.3 Å². The summed E-state index contributed by atoms with van der Waals surface area (Å²) < 4.78 is 5.76. The minimum Gasteiger partial charge on any atom is -0.493 e. The molecule has 0 heterocycles. The molecule has 0 amide bonds. The summed E-state index contributed by atoms with van der Waals surface area (Å²) in [5, 5.41) is 11.4. The highest BCUT2D eigenvalue weighted by molar-refractivity contribution is 5.79. The van der Waals surface area contributed by atoms with Crippen LogP contribution in [0.3, 0.4) is 0 Å². The Morgan fingerprint density at radius 2 is 2.05 bits per heavy atom. The van der Waals surface area contributed by atoms with E-state index in [-0.39, 0.29) is 11.3 Å². The van der Waals surface area contributed by atoms with Gasteiger partial charge in [-0.25, -0.2) is 0 Å². The van der Waals surface area contributed by atoms with Gasteiger partial charge in [0.25, 0.3) is 0 Å². The Morgan fingerprint density at radius 3 is 2.58 bits per heavy atom. The van der Waals surface area contributed by atoms with Gasteiger partial charge in [-0.1, -0.05) is 45.0 Å². The highest BCUT2D eigenvalue weighted by Gasteiger charge is 2.19. The molecule has 1 aromatic rings. The maximum atomic E-state index is 8.49. The lowest BCUT2D eigenvalue weighted by molar-refractivity contribution is 0.302. The molecule has 0 fully saturated rings. The van der Waals surface area contributed by atoms with E-state index in [2.05, 4.69) is 45.0 Å². The molecule has 3 N–H and O–H groups in total. The van der Waals surface area contributed by atoms with Gasteiger partial charge >= 0.3 is 0 Å². The van der Waals surface area contributed by atoms with Gasteiger partial charge in [-0.15, -0.1) is 0 Å². The number of rotatable bonds is 5. The van der Waals surface area contributed by atoms with Gasteiger partial charge in [0, 0.05) is 6.42 Å². The predicted octanol–water partition coefficient (Wildman–Crippen LogP) is 3.06. The first-order valence-electron chi connectivity index (χ1n) is 6.61. The number of aryl methyl sites for hydroxylation is 1. The standard InChI is InChI=1S/C15H24N2O2/c1-5-11-6-7-13(12(10-11)15(2,3)4)19-9-8-14(16)17-18/h6-7,10,18H,5,8-9H2,1-4H3,(H2,16,17). The summed E-state index contributed by atoms with van der Waals surface area (Å²) in [5.74, 6) is 1.05. The second kappa shape index (κ2) is 6.45. The molecule has 0 aliphatic heterocycles. The molecule has 4 nitrogen and oxygen atoms in total. The molecule has 1 rings (SSSR count). The van der Waals surface area contributed by atoms with Crippen molar-refractivity contribution in [2.45, 2.75) is 46.0 Å². The molecule has 0 unspecified atom stereocenters. The Morgan fingerprint density at radius 1 is 1.37 bits per heavy atom. The lowest BCUT2D eigenvalue weighted by Crippen LogP contribution is -2.18. The lowest BCUT2D eigenvalue weighted by atomic mass is 9.85. The van der Waals surface area contributed by atoms with E-state index in [1.165, 1.54) is 11.1 Å². The van der Waals surface area contributed by atoms with Gasteiger partial charge in [0.05, 0.1) is 6.61 Å². The summed E-state index contributed by atoms with van der Waals surface area (Å²) in [7, 11) is 0. The minimum atomic E-state index is 0.0249. The number of benzene rings is 1. The van der Waals surface area contributed by atoms with Crippen molar-refractivity contribution < 1.29 is 9.94 Å². The van der Waals surface area contributed by atoms with Gasteiger partial charge in [-0.3, -0.25) is 0 Å². The van der Waals surface area contributed by atoms with E-state index >= 15 is 0 Å². The van der Waals surface area contributed by atoms with Crippen LogP contribution in [0, 0.1) is 0 Å². The van der Waals surface area contributed by atoms with Crippen molar-refractivity contribution in [3.63, 3.8) is 0 Å².